The summed E-state index contributed by atoms with van der Waals surface area (Å²) in [5, 5.41) is 16.0. The van der Waals surface area contributed by atoms with Gasteiger partial charge in [0.25, 0.3) is 5.91 Å². The van der Waals surface area contributed by atoms with Crippen molar-refractivity contribution in [3.8, 4) is 22.9 Å². The largest absolute Gasteiger partial charge is 0.492 e. The number of carbonyl (C=O) groups is 1. The molecule has 1 unspecified atom stereocenters. The van der Waals surface area contributed by atoms with Crippen molar-refractivity contribution >= 4 is 23.2 Å². The monoisotopic (exact) mass is 518 g/mol. The number of rotatable bonds is 5. The minimum absolute atomic E-state index is 0.152. The Kier molecular flexibility index (Phi) is 5.90. The molecule has 0 fully saturated rings. The summed E-state index contributed by atoms with van der Waals surface area (Å²) in [6, 6.07) is 15.9. The molecule has 3 heterocycles. The molecular formula is C26H23ClN6O4. The zero-order valence-electron chi connectivity index (χ0n) is 20.1. The fourth-order valence-electron chi connectivity index (χ4n) is 4.87. The normalized spacial score (nSPS) is 16.4. The van der Waals surface area contributed by atoms with Gasteiger partial charge in [-0.15, -0.1) is 5.10 Å². The van der Waals surface area contributed by atoms with E-state index in [0.717, 1.165) is 24.1 Å². The van der Waals surface area contributed by atoms with E-state index in [0.29, 0.717) is 45.0 Å². The van der Waals surface area contributed by atoms with E-state index < -0.39 is 0 Å². The van der Waals surface area contributed by atoms with Gasteiger partial charge in [0.15, 0.2) is 17.3 Å². The van der Waals surface area contributed by atoms with Crippen molar-refractivity contribution in [3.05, 3.63) is 82.1 Å². The molecule has 0 saturated carbocycles. The lowest BCUT2D eigenvalue weighted by Crippen LogP contribution is -2.35. The number of methoxy groups -OCH3 is 1. The van der Waals surface area contributed by atoms with Gasteiger partial charge >= 0.3 is 0 Å². The lowest BCUT2D eigenvalue weighted by molar-refractivity contribution is 0.102. The molecule has 0 bridgehead atoms. The molecule has 1 amide bonds. The molecule has 10 nitrogen and oxygen atoms in total. The lowest BCUT2D eigenvalue weighted by atomic mass is 9.90. The second-order valence-corrected chi connectivity index (χ2v) is 9.19. The number of anilines is 1. The standard InChI is InChI=1S/C26H23ClN6O4/c1-32-11-10-15-12-20-23(37-14-36-20)24(35-2)21(15)22(32)25-29-30-31-33(25)17-7-5-6-16(13-17)28-26(34)18-8-3-4-9-19(18)27/h3-9,12-13,22H,10-11,14H2,1-2H3,(H,28,34). The molecule has 0 saturated heterocycles. The summed E-state index contributed by atoms with van der Waals surface area (Å²) in [6.45, 7) is 0.945. The first-order valence-corrected chi connectivity index (χ1v) is 12.1. The van der Waals surface area contributed by atoms with Crippen LogP contribution in [0.1, 0.15) is 33.4 Å². The predicted octanol–water partition coefficient (Wildman–Crippen LogP) is 3.88. The van der Waals surface area contributed by atoms with E-state index in [1.165, 1.54) is 0 Å². The van der Waals surface area contributed by atoms with E-state index in [2.05, 4.69) is 25.7 Å². The summed E-state index contributed by atoms with van der Waals surface area (Å²) in [5.41, 5.74) is 3.71. The number of hydrogen-bond donors (Lipinski definition) is 1. The molecule has 6 rings (SSSR count). The number of nitrogens with zero attached hydrogens (tertiary/aromatic N) is 5. The highest BCUT2D eigenvalue weighted by Gasteiger charge is 2.37. The topological polar surface area (TPSA) is 104 Å². The van der Waals surface area contributed by atoms with Crippen LogP contribution in [0.15, 0.2) is 54.6 Å². The fourth-order valence-corrected chi connectivity index (χ4v) is 5.09. The van der Waals surface area contributed by atoms with Crippen LogP contribution in [-0.4, -0.2) is 58.5 Å². The number of carbonyl (C=O) groups excluding carboxylic acids is 1. The Morgan fingerprint density at radius 2 is 2.03 bits per heavy atom. The number of aromatic nitrogens is 4. The third kappa shape index (κ3) is 4.04. The molecular weight excluding hydrogens is 496 g/mol. The molecule has 3 aromatic carbocycles. The number of nitrogens with one attached hydrogen (secondary N) is 1. The Morgan fingerprint density at radius 3 is 2.86 bits per heavy atom. The van der Waals surface area contributed by atoms with Crippen molar-refractivity contribution < 1.29 is 19.0 Å². The minimum atomic E-state index is -0.304. The van der Waals surface area contributed by atoms with Crippen LogP contribution >= 0.6 is 11.6 Å². The van der Waals surface area contributed by atoms with Crippen LogP contribution in [0.2, 0.25) is 5.02 Å². The van der Waals surface area contributed by atoms with Gasteiger partial charge in [-0.05, 0) is 65.9 Å². The maximum Gasteiger partial charge on any atom is 0.257 e. The molecule has 11 heteroatoms. The van der Waals surface area contributed by atoms with Crippen LogP contribution in [0.25, 0.3) is 5.69 Å². The first-order chi connectivity index (χ1) is 18.0. The number of halogens is 1. The van der Waals surface area contributed by atoms with Crippen molar-refractivity contribution in [2.24, 2.45) is 0 Å². The molecule has 188 valence electrons. The second kappa shape index (κ2) is 9.38. The number of ether oxygens (including phenoxy) is 3. The van der Waals surface area contributed by atoms with E-state index in [1.54, 1.807) is 42.1 Å². The highest BCUT2D eigenvalue weighted by molar-refractivity contribution is 6.34. The Hall–Kier alpha value is -4.15. The van der Waals surface area contributed by atoms with Crippen LogP contribution in [-0.2, 0) is 6.42 Å². The molecule has 0 spiro atoms. The molecule has 4 aromatic rings. The second-order valence-electron chi connectivity index (χ2n) is 8.78. The fraction of sp³-hybridized carbons (Fsp3) is 0.231. The zero-order valence-corrected chi connectivity index (χ0v) is 20.9. The summed E-state index contributed by atoms with van der Waals surface area (Å²) in [7, 11) is 3.65. The molecule has 1 atom stereocenters. The van der Waals surface area contributed by atoms with Gasteiger partial charge in [-0.1, -0.05) is 29.8 Å². The zero-order chi connectivity index (χ0) is 25.5. The van der Waals surface area contributed by atoms with Crippen molar-refractivity contribution in [2.75, 3.05) is 32.8 Å². The minimum Gasteiger partial charge on any atom is -0.492 e. The average molecular weight is 519 g/mol. The Balaban J connectivity index is 1.38. The summed E-state index contributed by atoms with van der Waals surface area (Å²) in [4.78, 5) is 15.0. The summed E-state index contributed by atoms with van der Waals surface area (Å²) < 4.78 is 18.9. The highest BCUT2D eigenvalue weighted by atomic mass is 35.5. The smallest absolute Gasteiger partial charge is 0.257 e. The SMILES string of the molecule is COc1c2c(cc3c1C(c1nnnn1-c1cccc(NC(=O)c4ccccc4Cl)c1)N(C)CC3)OCO2. The number of fused-ring (bicyclic) bond motifs is 2. The molecule has 0 aliphatic carbocycles. The molecule has 1 N–H and O–H groups in total. The van der Waals surface area contributed by atoms with E-state index in [-0.39, 0.29) is 18.7 Å². The summed E-state index contributed by atoms with van der Waals surface area (Å²) in [6.07, 6.45) is 0.820. The molecule has 2 aliphatic heterocycles. The summed E-state index contributed by atoms with van der Waals surface area (Å²) in [5.74, 6) is 2.19. The van der Waals surface area contributed by atoms with Crippen molar-refractivity contribution in [3.63, 3.8) is 0 Å². The third-order valence-corrected chi connectivity index (χ3v) is 6.93. The van der Waals surface area contributed by atoms with Crippen LogP contribution in [0.5, 0.6) is 17.2 Å². The Labute approximate surface area is 217 Å². The molecule has 1 aromatic heterocycles. The number of tetrazole rings is 1. The number of benzene rings is 3. The lowest BCUT2D eigenvalue weighted by Gasteiger charge is -2.34. The molecule has 0 radical (unpaired) electrons. The van der Waals surface area contributed by atoms with Crippen LogP contribution in [0, 0.1) is 0 Å². The first kappa shape index (κ1) is 23.3. The maximum atomic E-state index is 12.8. The number of likely N-dealkylation sites (N-methyl/N-ethyl adjacent to an activating group) is 1. The van der Waals surface area contributed by atoms with E-state index >= 15 is 0 Å². The Bertz CT molecular complexity index is 1510. The highest BCUT2D eigenvalue weighted by Crippen LogP contribution is 2.50. The number of hydrogen-bond acceptors (Lipinski definition) is 8. The van der Waals surface area contributed by atoms with E-state index in [9.17, 15) is 4.79 Å². The molecule has 2 aliphatic rings. The summed E-state index contributed by atoms with van der Waals surface area (Å²) >= 11 is 6.20. The van der Waals surface area contributed by atoms with Gasteiger partial charge in [-0.2, -0.15) is 4.68 Å². The van der Waals surface area contributed by atoms with Crippen molar-refractivity contribution in [2.45, 2.75) is 12.5 Å². The van der Waals surface area contributed by atoms with Crippen molar-refractivity contribution in [1.82, 2.24) is 25.1 Å². The van der Waals surface area contributed by atoms with Gasteiger partial charge < -0.3 is 19.5 Å². The van der Waals surface area contributed by atoms with Gasteiger partial charge in [0, 0.05) is 17.8 Å². The predicted molar refractivity (Wildman–Crippen MR) is 136 cm³/mol. The quantitative estimate of drug-likeness (QED) is 0.424. The Morgan fingerprint density at radius 1 is 1.16 bits per heavy atom. The van der Waals surface area contributed by atoms with E-state index in [4.69, 9.17) is 25.8 Å². The number of amides is 1. The van der Waals surface area contributed by atoms with Crippen LogP contribution in [0.4, 0.5) is 5.69 Å². The average Bonchev–Trinajstić information content (AvgIpc) is 3.57. The van der Waals surface area contributed by atoms with Crippen LogP contribution < -0.4 is 19.5 Å². The van der Waals surface area contributed by atoms with Crippen molar-refractivity contribution in [1.29, 1.82) is 0 Å². The maximum absolute atomic E-state index is 12.8. The molecule has 37 heavy (non-hydrogen) atoms. The van der Waals surface area contributed by atoms with Gasteiger partial charge in [-0.25, -0.2) is 0 Å². The van der Waals surface area contributed by atoms with Gasteiger partial charge in [0.1, 0.15) is 6.04 Å². The van der Waals surface area contributed by atoms with Gasteiger partial charge in [0.2, 0.25) is 12.5 Å². The third-order valence-electron chi connectivity index (χ3n) is 6.60. The van der Waals surface area contributed by atoms with Crippen LogP contribution in [0.3, 0.4) is 0 Å². The van der Waals surface area contributed by atoms with Gasteiger partial charge in [0.05, 0.1) is 23.4 Å². The first-order valence-electron chi connectivity index (χ1n) is 11.7. The van der Waals surface area contributed by atoms with E-state index in [1.807, 2.05) is 31.3 Å². The van der Waals surface area contributed by atoms with Gasteiger partial charge in [-0.3, -0.25) is 9.69 Å².